The minimum Gasteiger partial charge on any atom is -0.469 e. The molecule has 0 radical (unpaired) electrons. The predicted molar refractivity (Wildman–Crippen MR) is 62.3 cm³/mol. The van der Waals surface area contributed by atoms with Crippen molar-refractivity contribution in [2.75, 3.05) is 11.1 Å². The molecule has 0 saturated heterocycles. The summed E-state index contributed by atoms with van der Waals surface area (Å²) >= 11 is 0. The van der Waals surface area contributed by atoms with Crippen LogP contribution < -0.4 is 11.1 Å². The number of benzene rings is 1. The molecule has 1 aromatic carbocycles. The lowest BCUT2D eigenvalue weighted by atomic mass is 10.2. The number of carbonyl (C=O) groups is 1. The summed E-state index contributed by atoms with van der Waals surface area (Å²) in [7, 11) is 0. The first-order valence-electron chi connectivity index (χ1n) is 4.87. The van der Waals surface area contributed by atoms with Crippen LogP contribution in [0, 0.1) is 6.92 Å². The first-order chi connectivity index (χ1) is 7.65. The molecule has 0 aliphatic heterocycles. The molecule has 1 heterocycles. The van der Waals surface area contributed by atoms with Crippen molar-refractivity contribution >= 4 is 17.3 Å². The fraction of sp³-hybridized carbons (Fsp3) is 0.0833. The Labute approximate surface area is 93.1 Å². The summed E-state index contributed by atoms with van der Waals surface area (Å²) in [5.74, 6) is 0.518. The molecule has 3 N–H and O–H groups in total. The maximum Gasteiger partial charge on any atom is 0.258 e. The predicted octanol–water partition coefficient (Wildman–Crippen LogP) is 2.42. The first kappa shape index (κ1) is 10.3. The summed E-state index contributed by atoms with van der Waals surface area (Å²) in [5, 5.41) is 2.74. The van der Waals surface area contributed by atoms with E-state index in [9.17, 15) is 4.79 Å². The molecule has 1 amide bonds. The summed E-state index contributed by atoms with van der Waals surface area (Å²) in [5.41, 5.74) is 7.42. The zero-order chi connectivity index (χ0) is 11.5. The summed E-state index contributed by atoms with van der Waals surface area (Å²) in [6.45, 7) is 1.79. The second kappa shape index (κ2) is 4.10. The number of anilines is 2. The maximum absolute atomic E-state index is 11.7. The molecule has 0 aliphatic rings. The van der Waals surface area contributed by atoms with Crippen molar-refractivity contribution in [2.24, 2.45) is 0 Å². The molecule has 4 nitrogen and oxygen atoms in total. The Kier molecular flexibility index (Phi) is 2.64. The monoisotopic (exact) mass is 216 g/mol. The number of hydrogen-bond acceptors (Lipinski definition) is 3. The van der Waals surface area contributed by atoms with Crippen LogP contribution in [0.3, 0.4) is 0 Å². The van der Waals surface area contributed by atoms with Gasteiger partial charge in [-0.3, -0.25) is 4.79 Å². The number of rotatable bonds is 2. The lowest BCUT2D eigenvalue weighted by Crippen LogP contribution is -2.10. The Morgan fingerprint density at radius 1 is 1.31 bits per heavy atom. The van der Waals surface area contributed by atoms with Gasteiger partial charge in [-0.05, 0) is 37.3 Å². The van der Waals surface area contributed by atoms with Crippen molar-refractivity contribution in [1.82, 2.24) is 0 Å². The van der Waals surface area contributed by atoms with Crippen LogP contribution in [0.15, 0.2) is 41.0 Å². The number of aryl methyl sites for hydroxylation is 1. The van der Waals surface area contributed by atoms with Crippen LogP contribution in [0.5, 0.6) is 0 Å². The van der Waals surface area contributed by atoms with Gasteiger partial charge in [-0.1, -0.05) is 0 Å². The molecular formula is C12H12N2O2. The van der Waals surface area contributed by atoms with Gasteiger partial charge in [0.2, 0.25) is 0 Å². The van der Waals surface area contributed by atoms with Gasteiger partial charge in [0.1, 0.15) is 12.0 Å². The van der Waals surface area contributed by atoms with Gasteiger partial charge in [0.25, 0.3) is 5.91 Å². The zero-order valence-electron chi connectivity index (χ0n) is 8.86. The molecule has 0 spiro atoms. The van der Waals surface area contributed by atoms with E-state index in [4.69, 9.17) is 10.2 Å². The van der Waals surface area contributed by atoms with Crippen LogP contribution in [0.4, 0.5) is 11.4 Å². The summed E-state index contributed by atoms with van der Waals surface area (Å²) < 4.78 is 5.06. The van der Waals surface area contributed by atoms with Crippen LogP contribution in [-0.4, -0.2) is 5.91 Å². The number of hydrogen-bond donors (Lipinski definition) is 2. The van der Waals surface area contributed by atoms with Crippen LogP contribution in [0.1, 0.15) is 16.1 Å². The van der Waals surface area contributed by atoms with E-state index >= 15 is 0 Å². The zero-order valence-corrected chi connectivity index (χ0v) is 8.86. The van der Waals surface area contributed by atoms with Crippen molar-refractivity contribution in [2.45, 2.75) is 6.92 Å². The molecule has 1 aromatic heterocycles. The highest BCUT2D eigenvalue weighted by molar-refractivity contribution is 6.04. The normalized spacial score (nSPS) is 10.1. The maximum atomic E-state index is 11.7. The minimum atomic E-state index is -0.193. The molecule has 82 valence electrons. The third-order valence-electron chi connectivity index (χ3n) is 2.16. The average molecular weight is 216 g/mol. The molecular weight excluding hydrogens is 204 g/mol. The van der Waals surface area contributed by atoms with Gasteiger partial charge in [0.05, 0.1) is 5.56 Å². The standard InChI is InChI=1S/C12H12N2O2/c1-8-6-9(7-16-8)12(15)14-11-4-2-10(13)3-5-11/h2-7H,13H2,1H3,(H,14,15). The molecule has 16 heavy (non-hydrogen) atoms. The SMILES string of the molecule is Cc1cc(C(=O)Nc2ccc(N)cc2)co1. The van der Waals surface area contributed by atoms with Crippen molar-refractivity contribution in [3.8, 4) is 0 Å². The van der Waals surface area contributed by atoms with Crippen molar-refractivity contribution in [1.29, 1.82) is 0 Å². The molecule has 2 aromatic rings. The molecule has 0 unspecified atom stereocenters. The van der Waals surface area contributed by atoms with E-state index in [-0.39, 0.29) is 5.91 Å². The number of nitrogens with one attached hydrogen (secondary N) is 1. The van der Waals surface area contributed by atoms with E-state index < -0.39 is 0 Å². The minimum absolute atomic E-state index is 0.193. The summed E-state index contributed by atoms with van der Waals surface area (Å²) in [6, 6.07) is 8.65. The van der Waals surface area contributed by atoms with E-state index in [1.807, 2.05) is 0 Å². The summed E-state index contributed by atoms with van der Waals surface area (Å²) in [6.07, 6.45) is 1.43. The summed E-state index contributed by atoms with van der Waals surface area (Å²) in [4.78, 5) is 11.7. The van der Waals surface area contributed by atoms with Crippen molar-refractivity contribution < 1.29 is 9.21 Å². The van der Waals surface area contributed by atoms with Gasteiger partial charge < -0.3 is 15.5 Å². The number of nitrogen functional groups attached to an aromatic ring is 1. The van der Waals surface area contributed by atoms with E-state index in [0.717, 1.165) is 0 Å². The molecule has 0 atom stereocenters. The molecule has 0 saturated carbocycles. The number of furan rings is 1. The second-order valence-corrected chi connectivity index (χ2v) is 3.52. The number of nitrogens with two attached hydrogens (primary N) is 1. The van der Waals surface area contributed by atoms with Crippen molar-refractivity contribution in [3.05, 3.63) is 47.9 Å². The van der Waals surface area contributed by atoms with Gasteiger partial charge in [0, 0.05) is 11.4 Å². The third-order valence-corrected chi connectivity index (χ3v) is 2.16. The van der Waals surface area contributed by atoms with E-state index in [0.29, 0.717) is 22.7 Å². The fourth-order valence-electron chi connectivity index (χ4n) is 1.33. The van der Waals surface area contributed by atoms with E-state index in [2.05, 4.69) is 5.32 Å². The van der Waals surface area contributed by atoms with Gasteiger partial charge in [-0.25, -0.2) is 0 Å². The van der Waals surface area contributed by atoms with E-state index in [1.54, 1.807) is 37.3 Å². The van der Waals surface area contributed by atoms with Gasteiger partial charge in [0.15, 0.2) is 0 Å². The van der Waals surface area contributed by atoms with Crippen LogP contribution in [0.25, 0.3) is 0 Å². The van der Waals surface area contributed by atoms with Crippen LogP contribution in [-0.2, 0) is 0 Å². The Hall–Kier alpha value is -2.23. The Bertz CT molecular complexity index is 500. The highest BCUT2D eigenvalue weighted by Gasteiger charge is 2.08. The molecule has 0 aliphatic carbocycles. The van der Waals surface area contributed by atoms with Gasteiger partial charge in [-0.15, -0.1) is 0 Å². The lowest BCUT2D eigenvalue weighted by molar-refractivity contribution is 0.102. The van der Waals surface area contributed by atoms with Crippen LogP contribution in [0.2, 0.25) is 0 Å². The molecule has 2 rings (SSSR count). The average Bonchev–Trinajstić information content (AvgIpc) is 2.68. The fourth-order valence-corrected chi connectivity index (χ4v) is 1.33. The quantitative estimate of drug-likeness (QED) is 0.757. The Morgan fingerprint density at radius 2 is 2.00 bits per heavy atom. The second-order valence-electron chi connectivity index (χ2n) is 3.52. The lowest BCUT2D eigenvalue weighted by Gasteiger charge is -2.03. The molecule has 0 bridgehead atoms. The van der Waals surface area contributed by atoms with Crippen molar-refractivity contribution in [3.63, 3.8) is 0 Å². The highest BCUT2D eigenvalue weighted by Crippen LogP contribution is 2.13. The van der Waals surface area contributed by atoms with Gasteiger partial charge >= 0.3 is 0 Å². The number of amides is 1. The van der Waals surface area contributed by atoms with E-state index in [1.165, 1.54) is 6.26 Å². The highest BCUT2D eigenvalue weighted by atomic mass is 16.3. The topological polar surface area (TPSA) is 68.3 Å². The number of carbonyl (C=O) groups excluding carboxylic acids is 1. The van der Waals surface area contributed by atoms with Gasteiger partial charge in [-0.2, -0.15) is 0 Å². The smallest absolute Gasteiger partial charge is 0.258 e. The third kappa shape index (κ3) is 2.23. The van der Waals surface area contributed by atoms with Crippen LogP contribution >= 0.6 is 0 Å². The Morgan fingerprint density at radius 3 is 2.56 bits per heavy atom. The largest absolute Gasteiger partial charge is 0.469 e. The Balaban J connectivity index is 2.10. The molecule has 4 heteroatoms. The first-order valence-corrected chi connectivity index (χ1v) is 4.87. The molecule has 0 fully saturated rings.